The minimum atomic E-state index is -0.504. The SMILES string of the molecule is CC(C)(C)NC(=O)Sc1ccc(Cl)cc1C(=O)NCCC(N)=O.CC(C)NC(=O)Sc1ccccc1C(=O)NCCC(N)=O.COc1cccc(C(=O)NCCC(N)=O)c1SC(C)=O. The number of rotatable bonds is 17. The van der Waals surface area contributed by atoms with Crippen molar-refractivity contribution in [2.75, 3.05) is 26.7 Å². The van der Waals surface area contributed by atoms with Gasteiger partial charge in [-0.15, -0.1) is 0 Å². The van der Waals surface area contributed by atoms with Gasteiger partial charge in [-0.25, -0.2) is 0 Å². The Bertz CT molecular complexity index is 2150. The monoisotopic (exact) mass is 962 g/mol. The van der Waals surface area contributed by atoms with Gasteiger partial charge in [0, 0.05) is 72.2 Å². The number of primary amides is 3. The van der Waals surface area contributed by atoms with Crippen LogP contribution in [-0.2, 0) is 19.2 Å². The first-order valence-electron chi connectivity index (χ1n) is 19.4. The van der Waals surface area contributed by atoms with Crippen LogP contribution in [0.25, 0.3) is 0 Å². The second-order valence-electron chi connectivity index (χ2n) is 14.4. The number of ether oxygens (including phenoxy) is 1. The molecule has 0 unspecified atom stereocenters. The standard InChI is InChI=1S/C15H20ClN3O3S.C14H19N3O3S.C13H16N2O4S/c1-15(2,3)19-14(22)23-11-5-4-9(16)8-10(11)13(21)18-7-6-12(17)20;1-9(2)17-14(20)21-11-6-4-3-5-10(11)13(19)16-8-7-12(15)18;1-8(16)20-12-9(4-3-5-10(12)19-2)13(18)15-7-6-11(14)17/h4-5,8H,6-7H2,1-3H3,(H2,17,20)(H,18,21)(H,19,22);3-6,9H,7-8H2,1-2H3,(H2,15,18)(H,16,19)(H,17,20);3-5H,6-7H2,1-2H3,(H2,14,17)(H,15,18). The van der Waals surface area contributed by atoms with E-state index in [2.05, 4.69) is 26.6 Å². The van der Waals surface area contributed by atoms with Gasteiger partial charge in [0.05, 0.1) is 28.7 Å². The van der Waals surface area contributed by atoms with E-state index in [0.29, 0.717) is 36.6 Å². The Hall–Kier alpha value is -5.77. The average molecular weight is 964 g/mol. The van der Waals surface area contributed by atoms with E-state index >= 15 is 0 Å². The molecule has 64 heavy (non-hydrogen) atoms. The largest absolute Gasteiger partial charge is 0.496 e. The van der Waals surface area contributed by atoms with Gasteiger partial charge in [-0.3, -0.25) is 43.2 Å². The minimum absolute atomic E-state index is 0.0292. The van der Waals surface area contributed by atoms with Gasteiger partial charge in [-0.2, -0.15) is 0 Å². The van der Waals surface area contributed by atoms with Crippen molar-refractivity contribution >= 4 is 97.9 Å². The van der Waals surface area contributed by atoms with E-state index in [4.69, 9.17) is 33.5 Å². The molecular weight excluding hydrogens is 908 g/mol. The molecule has 0 aromatic heterocycles. The molecule has 3 aromatic carbocycles. The van der Waals surface area contributed by atoms with E-state index in [0.717, 1.165) is 35.3 Å². The van der Waals surface area contributed by atoms with Crippen molar-refractivity contribution in [3.8, 4) is 5.75 Å². The molecule has 0 heterocycles. The summed E-state index contributed by atoms with van der Waals surface area (Å²) in [7, 11) is 1.47. The van der Waals surface area contributed by atoms with Crippen LogP contribution >= 0.6 is 46.9 Å². The minimum Gasteiger partial charge on any atom is -0.496 e. The predicted octanol–water partition coefficient (Wildman–Crippen LogP) is 4.99. The normalized spacial score (nSPS) is 10.4. The van der Waals surface area contributed by atoms with Crippen LogP contribution in [0.5, 0.6) is 5.75 Å². The molecule has 0 spiro atoms. The summed E-state index contributed by atoms with van der Waals surface area (Å²) in [4.78, 5) is 105. The molecule has 0 saturated heterocycles. The van der Waals surface area contributed by atoms with Crippen LogP contribution in [0.3, 0.4) is 0 Å². The van der Waals surface area contributed by atoms with Crippen LogP contribution < -0.4 is 48.5 Å². The van der Waals surface area contributed by atoms with Gasteiger partial charge in [0.25, 0.3) is 28.2 Å². The Kier molecular flexibility index (Phi) is 25.3. The van der Waals surface area contributed by atoms with Crippen LogP contribution in [0.2, 0.25) is 5.02 Å². The third-order valence-electron chi connectivity index (χ3n) is 7.27. The maximum absolute atomic E-state index is 12.2. The number of carbonyl (C=O) groups excluding carboxylic acids is 9. The molecule has 0 aliphatic heterocycles. The van der Waals surface area contributed by atoms with Crippen LogP contribution in [0.4, 0.5) is 9.59 Å². The molecule has 11 N–H and O–H groups in total. The summed E-state index contributed by atoms with van der Waals surface area (Å²) < 4.78 is 5.15. The third kappa shape index (κ3) is 23.6. The van der Waals surface area contributed by atoms with E-state index < -0.39 is 23.6 Å². The van der Waals surface area contributed by atoms with Crippen molar-refractivity contribution < 1.29 is 47.9 Å². The zero-order chi connectivity index (χ0) is 48.6. The summed E-state index contributed by atoms with van der Waals surface area (Å²) in [6.45, 7) is 11.2. The number of carbonyl (C=O) groups is 9. The number of nitrogens with one attached hydrogen (secondary N) is 5. The Morgan fingerprint density at radius 3 is 1.59 bits per heavy atom. The van der Waals surface area contributed by atoms with Crippen molar-refractivity contribution in [1.29, 1.82) is 0 Å². The van der Waals surface area contributed by atoms with E-state index in [1.165, 1.54) is 20.1 Å². The van der Waals surface area contributed by atoms with Gasteiger partial charge in [-0.05, 0) is 112 Å². The highest BCUT2D eigenvalue weighted by atomic mass is 35.5. The Labute approximate surface area is 389 Å². The number of hydrogen-bond acceptors (Lipinski definition) is 13. The molecule has 0 radical (unpaired) electrons. The maximum Gasteiger partial charge on any atom is 0.284 e. The van der Waals surface area contributed by atoms with Crippen LogP contribution in [-0.4, -0.2) is 89.4 Å². The number of amides is 8. The lowest BCUT2D eigenvalue weighted by Gasteiger charge is -2.20. The number of halogens is 1. The van der Waals surface area contributed by atoms with E-state index in [-0.39, 0.29) is 83.4 Å². The van der Waals surface area contributed by atoms with E-state index in [1.807, 2.05) is 34.6 Å². The summed E-state index contributed by atoms with van der Waals surface area (Å²) in [5.74, 6) is -2.16. The molecule has 0 bridgehead atoms. The molecule has 0 aliphatic rings. The number of methoxy groups -OCH3 is 1. The predicted molar refractivity (Wildman–Crippen MR) is 250 cm³/mol. The summed E-state index contributed by atoms with van der Waals surface area (Å²) in [6.07, 6.45) is 0.180. The number of thioether (sulfide) groups is 3. The Morgan fingerprint density at radius 2 is 1.11 bits per heavy atom. The first-order chi connectivity index (χ1) is 29.9. The lowest BCUT2D eigenvalue weighted by atomic mass is 10.1. The van der Waals surface area contributed by atoms with Gasteiger partial charge in [-0.1, -0.05) is 29.8 Å². The van der Waals surface area contributed by atoms with Crippen LogP contribution in [0, 0.1) is 0 Å². The molecular formula is C42H55ClN8O10S3. The van der Waals surface area contributed by atoms with Gasteiger partial charge >= 0.3 is 0 Å². The van der Waals surface area contributed by atoms with Gasteiger partial charge < -0.3 is 48.5 Å². The fraction of sp³-hybridized carbons (Fsp3) is 0.357. The maximum atomic E-state index is 12.2. The highest BCUT2D eigenvalue weighted by Crippen LogP contribution is 2.33. The van der Waals surface area contributed by atoms with Crippen LogP contribution in [0.15, 0.2) is 75.4 Å². The molecule has 3 aromatic rings. The summed E-state index contributed by atoms with van der Waals surface area (Å²) in [6, 6.07) is 16.4. The Balaban J connectivity index is 0.000000481. The summed E-state index contributed by atoms with van der Waals surface area (Å²) in [5, 5.41) is 13.0. The van der Waals surface area contributed by atoms with Gasteiger partial charge in [0.15, 0.2) is 5.12 Å². The average Bonchev–Trinajstić information content (AvgIpc) is 3.17. The fourth-order valence-corrected chi connectivity index (χ4v) is 7.44. The first kappa shape index (κ1) is 56.2. The molecule has 0 aliphatic carbocycles. The van der Waals surface area contributed by atoms with Crippen molar-refractivity contribution in [2.45, 2.75) is 87.1 Å². The zero-order valence-electron chi connectivity index (χ0n) is 36.5. The molecule has 22 heteroatoms. The van der Waals surface area contributed by atoms with Crippen molar-refractivity contribution in [3.63, 3.8) is 0 Å². The van der Waals surface area contributed by atoms with Crippen LogP contribution in [0.1, 0.15) is 91.9 Å². The second kappa shape index (κ2) is 28.8. The molecule has 18 nitrogen and oxygen atoms in total. The van der Waals surface area contributed by atoms with E-state index in [1.54, 1.807) is 54.6 Å². The third-order valence-corrected chi connectivity index (χ3v) is 10.2. The molecule has 348 valence electrons. The molecule has 8 amide bonds. The molecule has 0 fully saturated rings. The van der Waals surface area contributed by atoms with Gasteiger partial charge in [0.2, 0.25) is 17.7 Å². The Morgan fingerprint density at radius 1 is 0.641 bits per heavy atom. The van der Waals surface area contributed by atoms with Crippen molar-refractivity contribution in [1.82, 2.24) is 26.6 Å². The van der Waals surface area contributed by atoms with Gasteiger partial charge in [0.1, 0.15) is 5.75 Å². The smallest absolute Gasteiger partial charge is 0.284 e. The lowest BCUT2D eigenvalue weighted by Crippen LogP contribution is -2.38. The lowest BCUT2D eigenvalue weighted by molar-refractivity contribution is -0.118. The number of benzene rings is 3. The van der Waals surface area contributed by atoms with Crippen molar-refractivity contribution in [3.05, 3.63) is 82.4 Å². The summed E-state index contributed by atoms with van der Waals surface area (Å²) >= 11 is 8.73. The highest BCUT2D eigenvalue weighted by molar-refractivity contribution is 8.14. The molecule has 3 rings (SSSR count). The quantitative estimate of drug-likeness (QED) is 0.0829. The van der Waals surface area contributed by atoms with Crippen molar-refractivity contribution in [2.24, 2.45) is 17.2 Å². The second-order valence-corrected chi connectivity index (χ2v) is 18.1. The number of hydrogen-bond donors (Lipinski definition) is 8. The topological polar surface area (TPSA) is 301 Å². The number of nitrogens with two attached hydrogens (primary N) is 3. The van der Waals surface area contributed by atoms with E-state index in [9.17, 15) is 43.2 Å². The molecule has 0 saturated carbocycles. The molecule has 0 atom stereocenters. The first-order valence-corrected chi connectivity index (χ1v) is 22.2. The highest BCUT2D eigenvalue weighted by Gasteiger charge is 2.20. The zero-order valence-corrected chi connectivity index (χ0v) is 39.7. The summed E-state index contributed by atoms with van der Waals surface area (Å²) in [5.41, 5.74) is 15.7. The fourth-order valence-electron chi connectivity index (χ4n) is 4.60.